The molecule has 2 rings (SSSR count). The Morgan fingerprint density at radius 3 is 2.25 bits per heavy atom. The number of piperidine rings is 1. The van der Waals surface area contributed by atoms with E-state index in [1.165, 1.54) is 6.26 Å². The van der Waals surface area contributed by atoms with Crippen LogP contribution in [-0.4, -0.2) is 55.2 Å². The number of aliphatic hydroxyl groups is 1. The van der Waals surface area contributed by atoms with Crippen molar-refractivity contribution < 1.29 is 13.5 Å². The zero-order valence-electron chi connectivity index (χ0n) is 10.0. The Morgan fingerprint density at radius 2 is 1.81 bits per heavy atom. The summed E-state index contributed by atoms with van der Waals surface area (Å²) in [5.74, 6) is 0.104. The van der Waals surface area contributed by atoms with Crippen molar-refractivity contribution in [3.05, 3.63) is 0 Å². The third-order valence-electron chi connectivity index (χ3n) is 4.15. The van der Waals surface area contributed by atoms with Crippen molar-refractivity contribution in [3.8, 4) is 0 Å². The first-order valence-corrected chi connectivity index (χ1v) is 7.97. The average molecular weight is 247 g/mol. The SMILES string of the molecule is CN1C2CCC1CC(O)(CCS(C)(=O)=O)C2. The molecular formula is C11H21NO3S. The smallest absolute Gasteiger partial charge is 0.147 e. The highest BCUT2D eigenvalue weighted by Crippen LogP contribution is 2.41. The van der Waals surface area contributed by atoms with Crippen LogP contribution < -0.4 is 0 Å². The minimum Gasteiger partial charge on any atom is -0.390 e. The Hall–Kier alpha value is -0.130. The van der Waals surface area contributed by atoms with Gasteiger partial charge in [0, 0.05) is 18.3 Å². The van der Waals surface area contributed by atoms with Crippen LogP contribution in [0.25, 0.3) is 0 Å². The lowest BCUT2D eigenvalue weighted by Crippen LogP contribution is -2.49. The molecule has 2 saturated heterocycles. The van der Waals surface area contributed by atoms with Gasteiger partial charge in [0.15, 0.2) is 0 Å². The Kier molecular flexibility index (Phi) is 3.05. The van der Waals surface area contributed by atoms with Crippen molar-refractivity contribution in [1.82, 2.24) is 4.90 Å². The van der Waals surface area contributed by atoms with Crippen LogP contribution in [0.5, 0.6) is 0 Å². The molecule has 0 spiro atoms. The molecule has 5 heteroatoms. The molecule has 0 aliphatic carbocycles. The van der Waals surface area contributed by atoms with E-state index in [0.29, 0.717) is 18.5 Å². The van der Waals surface area contributed by atoms with Gasteiger partial charge >= 0.3 is 0 Å². The summed E-state index contributed by atoms with van der Waals surface area (Å²) in [7, 11) is -0.854. The largest absolute Gasteiger partial charge is 0.390 e. The first-order chi connectivity index (χ1) is 7.29. The van der Waals surface area contributed by atoms with E-state index in [1.807, 2.05) is 0 Å². The van der Waals surface area contributed by atoms with Crippen molar-refractivity contribution in [2.24, 2.45) is 0 Å². The zero-order chi connectivity index (χ0) is 12.0. The summed E-state index contributed by atoms with van der Waals surface area (Å²) in [4.78, 5) is 2.34. The second kappa shape index (κ2) is 3.96. The predicted molar refractivity (Wildman–Crippen MR) is 63.1 cm³/mol. The zero-order valence-corrected chi connectivity index (χ0v) is 10.8. The van der Waals surface area contributed by atoms with E-state index in [-0.39, 0.29) is 5.75 Å². The molecule has 0 aromatic carbocycles. The summed E-state index contributed by atoms with van der Waals surface area (Å²) >= 11 is 0. The number of sulfone groups is 1. The lowest BCUT2D eigenvalue weighted by atomic mass is 9.84. The molecule has 2 atom stereocenters. The van der Waals surface area contributed by atoms with E-state index >= 15 is 0 Å². The topological polar surface area (TPSA) is 57.6 Å². The van der Waals surface area contributed by atoms with E-state index in [0.717, 1.165) is 25.7 Å². The molecule has 0 aromatic heterocycles. The summed E-state index contributed by atoms with van der Waals surface area (Å²) in [6.45, 7) is 0. The van der Waals surface area contributed by atoms with Crippen LogP contribution in [0.2, 0.25) is 0 Å². The van der Waals surface area contributed by atoms with Gasteiger partial charge in [0.2, 0.25) is 0 Å². The van der Waals surface area contributed by atoms with Crippen LogP contribution in [-0.2, 0) is 9.84 Å². The van der Waals surface area contributed by atoms with Crippen LogP contribution in [0.15, 0.2) is 0 Å². The van der Waals surface area contributed by atoms with Crippen LogP contribution >= 0.6 is 0 Å². The summed E-state index contributed by atoms with van der Waals surface area (Å²) in [6, 6.07) is 0.895. The van der Waals surface area contributed by atoms with Crippen molar-refractivity contribution in [2.75, 3.05) is 19.1 Å². The van der Waals surface area contributed by atoms with Crippen molar-refractivity contribution in [3.63, 3.8) is 0 Å². The molecule has 0 radical (unpaired) electrons. The minimum atomic E-state index is -2.96. The molecule has 0 saturated carbocycles. The monoisotopic (exact) mass is 247 g/mol. The number of hydrogen-bond donors (Lipinski definition) is 1. The maximum atomic E-state index is 11.1. The molecule has 16 heavy (non-hydrogen) atoms. The standard InChI is InChI=1S/C11H21NO3S/c1-12-9-3-4-10(12)8-11(13,7-9)5-6-16(2,14)15/h9-10,13H,3-8H2,1-2H3. The van der Waals surface area contributed by atoms with E-state index in [1.54, 1.807) is 0 Å². The van der Waals surface area contributed by atoms with Crippen LogP contribution in [0.1, 0.15) is 32.1 Å². The fourth-order valence-corrected chi connectivity index (χ4v) is 3.87. The van der Waals surface area contributed by atoms with Gasteiger partial charge in [-0.05, 0) is 39.2 Å². The predicted octanol–water partition coefficient (Wildman–Crippen LogP) is 0.409. The lowest BCUT2D eigenvalue weighted by molar-refractivity contribution is -0.0460. The van der Waals surface area contributed by atoms with Gasteiger partial charge in [0.05, 0.1) is 11.4 Å². The minimum absolute atomic E-state index is 0.104. The first-order valence-electron chi connectivity index (χ1n) is 5.91. The van der Waals surface area contributed by atoms with Crippen molar-refractivity contribution in [2.45, 2.75) is 49.8 Å². The maximum Gasteiger partial charge on any atom is 0.147 e. The molecule has 0 amide bonds. The van der Waals surface area contributed by atoms with Crippen LogP contribution in [0.3, 0.4) is 0 Å². The average Bonchev–Trinajstić information content (AvgIpc) is 2.39. The summed E-state index contributed by atoms with van der Waals surface area (Å²) in [5, 5.41) is 10.4. The van der Waals surface area contributed by atoms with Crippen molar-refractivity contribution >= 4 is 9.84 Å². The van der Waals surface area contributed by atoms with Gasteiger partial charge in [-0.2, -0.15) is 0 Å². The maximum absolute atomic E-state index is 11.1. The molecule has 4 nitrogen and oxygen atoms in total. The Bertz CT molecular complexity index is 351. The van der Waals surface area contributed by atoms with Gasteiger partial charge in [-0.3, -0.25) is 0 Å². The molecule has 2 bridgehead atoms. The number of hydrogen-bond acceptors (Lipinski definition) is 4. The van der Waals surface area contributed by atoms with Gasteiger partial charge < -0.3 is 10.0 Å². The number of nitrogens with zero attached hydrogens (tertiary/aromatic N) is 1. The van der Waals surface area contributed by atoms with E-state index in [2.05, 4.69) is 11.9 Å². The Morgan fingerprint density at radius 1 is 1.31 bits per heavy atom. The molecule has 94 valence electrons. The van der Waals surface area contributed by atoms with E-state index in [4.69, 9.17) is 0 Å². The molecule has 2 fully saturated rings. The highest BCUT2D eigenvalue weighted by atomic mass is 32.2. The summed E-state index contributed by atoms with van der Waals surface area (Å²) in [5.41, 5.74) is -0.749. The van der Waals surface area contributed by atoms with Gasteiger partial charge in [-0.1, -0.05) is 0 Å². The Labute approximate surface area is 97.6 Å². The number of fused-ring (bicyclic) bond motifs is 2. The highest BCUT2D eigenvalue weighted by Gasteiger charge is 2.45. The van der Waals surface area contributed by atoms with Crippen LogP contribution in [0, 0.1) is 0 Å². The second-order valence-electron chi connectivity index (χ2n) is 5.56. The molecule has 2 aliphatic rings. The third-order valence-corrected chi connectivity index (χ3v) is 5.10. The summed E-state index contributed by atoms with van der Waals surface area (Å²) < 4.78 is 22.3. The normalized spacial score (nSPS) is 40.2. The van der Waals surface area contributed by atoms with Gasteiger partial charge in [-0.15, -0.1) is 0 Å². The van der Waals surface area contributed by atoms with Gasteiger partial charge in [-0.25, -0.2) is 8.42 Å². The third kappa shape index (κ3) is 2.57. The van der Waals surface area contributed by atoms with Gasteiger partial charge in [0.1, 0.15) is 9.84 Å². The lowest BCUT2D eigenvalue weighted by Gasteiger charge is -2.42. The molecule has 0 aromatic rings. The van der Waals surface area contributed by atoms with Crippen molar-refractivity contribution in [1.29, 1.82) is 0 Å². The first kappa shape index (κ1) is 12.3. The molecule has 1 N–H and O–H groups in total. The van der Waals surface area contributed by atoms with E-state index < -0.39 is 15.4 Å². The van der Waals surface area contributed by atoms with Crippen LogP contribution in [0.4, 0.5) is 0 Å². The quantitative estimate of drug-likeness (QED) is 0.785. The number of rotatable bonds is 3. The second-order valence-corrected chi connectivity index (χ2v) is 7.82. The van der Waals surface area contributed by atoms with Gasteiger partial charge in [0.25, 0.3) is 0 Å². The molecular weight excluding hydrogens is 226 g/mol. The molecule has 2 aliphatic heterocycles. The molecule has 2 heterocycles. The fourth-order valence-electron chi connectivity index (χ4n) is 3.12. The highest BCUT2D eigenvalue weighted by molar-refractivity contribution is 7.90. The Balaban J connectivity index is 2.00. The fraction of sp³-hybridized carbons (Fsp3) is 1.00. The summed E-state index contributed by atoms with van der Waals surface area (Å²) in [6.07, 6.45) is 5.38. The van der Waals surface area contributed by atoms with E-state index in [9.17, 15) is 13.5 Å². The molecule has 2 unspecified atom stereocenters.